The number of ether oxygens (including phenoxy) is 2. The normalized spacial score (nSPS) is 14.9. The number of anilines is 1. The van der Waals surface area contributed by atoms with Crippen molar-refractivity contribution in [3.8, 4) is 11.5 Å². The van der Waals surface area contributed by atoms with Crippen molar-refractivity contribution >= 4 is 40.6 Å². The third kappa shape index (κ3) is 4.91. The number of benzene rings is 2. The summed E-state index contributed by atoms with van der Waals surface area (Å²) in [5, 5.41) is 2.34. The summed E-state index contributed by atoms with van der Waals surface area (Å²) in [7, 11) is 3.05. The first-order chi connectivity index (χ1) is 14.7. The quantitative estimate of drug-likeness (QED) is 0.674. The summed E-state index contributed by atoms with van der Waals surface area (Å²) in [6, 6.07) is 9.12. The van der Waals surface area contributed by atoms with E-state index in [9.17, 15) is 14.4 Å². The predicted molar refractivity (Wildman–Crippen MR) is 122 cm³/mol. The van der Waals surface area contributed by atoms with Gasteiger partial charge in [0.25, 0.3) is 11.1 Å². The fourth-order valence-corrected chi connectivity index (χ4v) is 4.27. The maximum absolute atomic E-state index is 12.7. The second-order valence-corrected chi connectivity index (χ2v) is 8.20. The minimum atomic E-state index is -0.503. The van der Waals surface area contributed by atoms with Crippen LogP contribution in [0.15, 0.2) is 35.2 Å². The first-order valence-electron chi connectivity index (χ1n) is 9.58. The highest BCUT2D eigenvalue weighted by atomic mass is 32.2. The van der Waals surface area contributed by atoms with Crippen LogP contribution in [0, 0.1) is 20.8 Å². The fraction of sp³-hybridized carbons (Fsp3) is 0.261. The molecule has 0 aromatic heterocycles. The molecule has 1 heterocycles. The van der Waals surface area contributed by atoms with Gasteiger partial charge < -0.3 is 14.8 Å². The van der Waals surface area contributed by atoms with Crippen molar-refractivity contribution in [3.05, 3.63) is 57.5 Å². The first kappa shape index (κ1) is 22.4. The van der Waals surface area contributed by atoms with E-state index in [-0.39, 0.29) is 11.4 Å². The van der Waals surface area contributed by atoms with Crippen LogP contribution >= 0.6 is 11.8 Å². The minimum absolute atomic E-state index is 0.243. The summed E-state index contributed by atoms with van der Waals surface area (Å²) >= 11 is 0.803. The molecule has 0 unspecified atom stereocenters. The number of amides is 3. The molecule has 31 heavy (non-hydrogen) atoms. The van der Waals surface area contributed by atoms with E-state index in [1.165, 1.54) is 14.2 Å². The van der Waals surface area contributed by atoms with Gasteiger partial charge >= 0.3 is 0 Å². The molecule has 1 N–H and O–H groups in total. The lowest BCUT2D eigenvalue weighted by Gasteiger charge is -2.15. The van der Waals surface area contributed by atoms with Crippen LogP contribution in [0.4, 0.5) is 10.5 Å². The number of imide groups is 1. The van der Waals surface area contributed by atoms with Gasteiger partial charge in [-0.15, -0.1) is 0 Å². The van der Waals surface area contributed by atoms with E-state index in [2.05, 4.69) is 5.32 Å². The Labute approximate surface area is 185 Å². The molecular weight excluding hydrogens is 416 g/mol. The summed E-state index contributed by atoms with van der Waals surface area (Å²) in [6.07, 6.45) is 1.60. The second kappa shape index (κ2) is 9.26. The Hall–Kier alpha value is -3.26. The largest absolute Gasteiger partial charge is 0.493 e. The molecule has 0 spiro atoms. The van der Waals surface area contributed by atoms with Gasteiger partial charge in [-0.25, -0.2) is 0 Å². The van der Waals surface area contributed by atoms with Crippen LogP contribution in [-0.4, -0.2) is 42.7 Å². The lowest BCUT2D eigenvalue weighted by molar-refractivity contribution is -0.127. The molecule has 3 amide bonds. The van der Waals surface area contributed by atoms with Crippen molar-refractivity contribution in [3.63, 3.8) is 0 Å². The van der Waals surface area contributed by atoms with Gasteiger partial charge in [-0.1, -0.05) is 23.8 Å². The van der Waals surface area contributed by atoms with Crippen molar-refractivity contribution in [2.75, 3.05) is 26.1 Å². The molecule has 162 valence electrons. The van der Waals surface area contributed by atoms with Gasteiger partial charge in [0.2, 0.25) is 5.91 Å². The summed E-state index contributed by atoms with van der Waals surface area (Å²) in [4.78, 5) is 38.9. The molecule has 7 nitrogen and oxygen atoms in total. The topological polar surface area (TPSA) is 84.9 Å². The van der Waals surface area contributed by atoms with E-state index in [0.717, 1.165) is 33.4 Å². The van der Waals surface area contributed by atoms with E-state index in [1.54, 1.807) is 24.3 Å². The standard InChI is InChI=1S/C23H24N2O5S/c1-13-8-14(2)21(15(3)9-13)24-20(26)12-25-22(27)19(31-23(25)28)11-16-6-7-17(29-4)18(10-16)30-5/h6-11H,12H2,1-5H3,(H,24,26)/b19-11+. The molecule has 3 rings (SSSR count). The van der Waals surface area contributed by atoms with Crippen molar-refractivity contribution in [1.29, 1.82) is 0 Å². The second-order valence-electron chi connectivity index (χ2n) is 7.20. The number of aryl methyl sites for hydroxylation is 3. The Kier molecular flexibility index (Phi) is 6.70. The molecule has 8 heteroatoms. The molecule has 2 aromatic rings. The fourth-order valence-electron chi connectivity index (χ4n) is 3.43. The molecule has 0 aliphatic carbocycles. The number of nitrogens with one attached hydrogen (secondary N) is 1. The van der Waals surface area contributed by atoms with Crippen LogP contribution < -0.4 is 14.8 Å². The molecule has 1 fully saturated rings. The number of rotatable bonds is 6. The van der Waals surface area contributed by atoms with Gasteiger partial charge in [0.05, 0.1) is 19.1 Å². The maximum Gasteiger partial charge on any atom is 0.294 e. The van der Waals surface area contributed by atoms with Gasteiger partial charge in [-0.2, -0.15) is 0 Å². The molecule has 0 bridgehead atoms. The lowest BCUT2D eigenvalue weighted by Crippen LogP contribution is -2.36. The highest BCUT2D eigenvalue weighted by Crippen LogP contribution is 2.34. The zero-order chi connectivity index (χ0) is 22.7. The van der Waals surface area contributed by atoms with Crippen molar-refractivity contribution in [2.45, 2.75) is 20.8 Å². The number of nitrogens with zero attached hydrogens (tertiary/aromatic N) is 1. The van der Waals surface area contributed by atoms with Crippen LogP contribution in [0.25, 0.3) is 6.08 Å². The summed E-state index contributed by atoms with van der Waals surface area (Å²) < 4.78 is 10.5. The van der Waals surface area contributed by atoms with Crippen LogP contribution in [0.1, 0.15) is 22.3 Å². The number of carbonyl (C=O) groups excluding carboxylic acids is 3. The van der Waals surface area contributed by atoms with Gasteiger partial charge in [0.1, 0.15) is 6.54 Å². The SMILES string of the molecule is COc1ccc(/C=C2/SC(=O)N(CC(=O)Nc3c(C)cc(C)cc3C)C2=O)cc1OC. The highest BCUT2D eigenvalue weighted by Gasteiger charge is 2.36. The van der Waals surface area contributed by atoms with Crippen molar-refractivity contribution < 1.29 is 23.9 Å². The summed E-state index contributed by atoms with van der Waals surface area (Å²) in [6.45, 7) is 5.44. The van der Waals surface area contributed by atoms with E-state index in [4.69, 9.17) is 9.47 Å². The van der Waals surface area contributed by atoms with Crippen LogP contribution in [0.5, 0.6) is 11.5 Å². The molecule has 1 aliphatic heterocycles. The monoisotopic (exact) mass is 440 g/mol. The zero-order valence-electron chi connectivity index (χ0n) is 18.1. The number of thioether (sulfide) groups is 1. The van der Waals surface area contributed by atoms with Crippen LogP contribution in [0.2, 0.25) is 0 Å². The molecule has 1 aliphatic rings. The van der Waals surface area contributed by atoms with Crippen LogP contribution in [-0.2, 0) is 9.59 Å². The molecular formula is C23H24N2O5S. The zero-order valence-corrected chi connectivity index (χ0v) is 18.9. The average molecular weight is 441 g/mol. The average Bonchev–Trinajstić information content (AvgIpc) is 2.97. The molecule has 0 radical (unpaired) electrons. The predicted octanol–water partition coefficient (Wildman–Crippen LogP) is 4.30. The number of methoxy groups -OCH3 is 2. The third-order valence-electron chi connectivity index (χ3n) is 4.82. The van der Waals surface area contributed by atoms with Crippen molar-refractivity contribution in [1.82, 2.24) is 4.90 Å². The Morgan fingerprint density at radius 1 is 1.03 bits per heavy atom. The third-order valence-corrected chi connectivity index (χ3v) is 5.73. The minimum Gasteiger partial charge on any atom is -0.493 e. The Balaban J connectivity index is 1.75. The Morgan fingerprint density at radius 2 is 1.68 bits per heavy atom. The van der Waals surface area contributed by atoms with E-state index in [1.807, 2.05) is 32.9 Å². The molecule has 1 saturated heterocycles. The van der Waals surface area contributed by atoms with E-state index in [0.29, 0.717) is 22.7 Å². The maximum atomic E-state index is 12.7. The lowest BCUT2D eigenvalue weighted by atomic mass is 10.1. The summed E-state index contributed by atoms with van der Waals surface area (Å²) in [5.74, 6) is 0.145. The van der Waals surface area contributed by atoms with Crippen LogP contribution in [0.3, 0.4) is 0 Å². The van der Waals surface area contributed by atoms with Gasteiger partial charge in [0.15, 0.2) is 11.5 Å². The van der Waals surface area contributed by atoms with E-state index >= 15 is 0 Å². The smallest absolute Gasteiger partial charge is 0.294 e. The Bertz CT molecular complexity index is 1070. The Morgan fingerprint density at radius 3 is 2.29 bits per heavy atom. The number of carbonyl (C=O) groups is 3. The summed E-state index contributed by atoms with van der Waals surface area (Å²) in [5.41, 5.74) is 4.32. The number of hydrogen-bond acceptors (Lipinski definition) is 6. The van der Waals surface area contributed by atoms with E-state index < -0.39 is 17.1 Å². The van der Waals surface area contributed by atoms with Gasteiger partial charge in [0, 0.05) is 5.69 Å². The molecule has 0 atom stereocenters. The first-order valence-corrected chi connectivity index (χ1v) is 10.4. The molecule has 2 aromatic carbocycles. The highest BCUT2D eigenvalue weighted by molar-refractivity contribution is 8.18. The van der Waals surface area contributed by atoms with Crippen molar-refractivity contribution in [2.24, 2.45) is 0 Å². The molecule has 0 saturated carbocycles. The number of hydrogen-bond donors (Lipinski definition) is 1. The van der Waals surface area contributed by atoms with Gasteiger partial charge in [-0.3, -0.25) is 19.3 Å². The van der Waals surface area contributed by atoms with Gasteiger partial charge in [-0.05, 0) is 67.4 Å².